The maximum atomic E-state index is 5.97. The average molecular weight is 357 g/mol. The molecule has 0 aliphatic heterocycles. The Balaban J connectivity index is 2.30. The molecule has 2 rings (SSSR count). The number of hydrogen-bond donors (Lipinski definition) is 0. The number of hydrogen-bond acceptors (Lipinski definition) is 1. The minimum atomic E-state index is 0.114. The molecule has 114 valence electrons. The summed E-state index contributed by atoms with van der Waals surface area (Å²) in [6.07, 6.45) is 5.18. The summed E-state index contributed by atoms with van der Waals surface area (Å²) in [4.78, 5) is 0. The average Bonchev–Trinajstić information content (AvgIpc) is 2.56. The standard InChI is InChI=1S/C20H22OSe/c1-3-11-19(21-4-2)20(16-17-12-7-5-8-13-17)22-18-14-9-6-10-15-18/h3,5-10,12-16,19H,1,4,11H2,2H3/b20-16-. The van der Waals surface area contributed by atoms with Crippen molar-refractivity contribution in [2.45, 2.75) is 19.4 Å². The molecule has 0 aromatic heterocycles. The van der Waals surface area contributed by atoms with Crippen LogP contribution < -0.4 is 4.46 Å². The van der Waals surface area contributed by atoms with Crippen LogP contribution in [0.2, 0.25) is 0 Å². The van der Waals surface area contributed by atoms with Crippen molar-refractivity contribution in [3.05, 3.63) is 83.4 Å². The van der Waals surface area contributed by atoms with Crippen LogP contribution in [0.5, 0.6) is 0 Å². The van der Waals surface area contributed by atoms with E-state index in [-0.39, 0.29) is 21.1 Å². The predicted octanol–water partition coefficient (Wildman–Crippen LogP) is 4.04. The molecule has 1 unspecified atom stereocenters. The van der Waals surface area contributed by atoms with Crippen LogP contribution in [0.1, 0.15) is 18.9 Å². The van der Waals surface area contributed by atoms with Crippen LogP contribution in [0.4, 0.5) is 0 Å². The molecule has 0 saturated heterocycles. The van der Waals surface area contributed by atoms with Gasteiger partial charge in [-0.3, -0.25) is 0 Å². The Bertz CT molecular complexity index is 590. The first-order valence-corrected chi connectivity index (χ1v) is 9.26. The first kappa shape index (κ1) is 16.8. The number of rotatable bonds is 8. The van der Waals surface area contributed by atoms with E-state index >= 15 is 0 Å². The van der Waals surface area contributed by atoms with Gasteiger partial charge in [-0.25, -0.2) is 0 Å². The summed E-state index contributed by atoms with van der Waals surface area (Å²) in [6.45, 7) is 6.64. The van der Waals surface area contributed by atoms with Gasteiger partial charge in [-0.15, -0.1) is 0 Å². The van der Waals surface area contributed by atoms with E-state index < -0.39 is 0 Å². The van der Waals surface area contributed by atoms with Gasteiger partial charge >= 0.3 is 140 Å². The van der Waals surface area contributed by atoms with E-state index in [2.05, 4.69) is 67.3 Å². The van der Waals surface area contributed by atoms with Crippen LogP contribution in [0.15, 0.2) is 77.8 Å². The third-order valence-electron chi connectivity index (χ3n) is 3.15. The number of ether oxygens (including phenoxy) is 1. The van der Waals surface area contributed by atoms with Crippen molar-refractivity contribution >= 4 is 25.5 Å². The second-order valence-electron chi connectivity index (χ2n) is 4.84. The molecule has 0 N–H and O–H groups in total. The summed E-state index contributed by atoms with van der Waals surface area (Å²) < 4.78 is 8.69. The zero-order valence-corrected chi connectivity index (χ0v) is 14.7. The summed E-state index contributed by atoms with van der Waals surface area (Å²) in [7, 11) is 0. The third kappa shape index (κ3) is 5.31. The summed E-state index contributed by atoms with van der Waals surface area (Å²) in [5, 5.41) is 0. The molecule has 22 heavy (non-hydrogen) atoms. The first-order valence-electron chi connectivity index (χ1n) is 7.55. The fourth-order valence-electron chi connectivity index (χ4n) is 2.15. The maximum absolute atomic E-state index is 5.97. The van der Waals surface area contributed by atoms with Gasteiger partial charge in [0.1, 0.15) is 0 Å². The molecule has 0 saturated carbocycles. The molecule has 0 spiro atoms. The van der Waals surface area contributed by atoms with Gasteiger partial charge in [-0.05, 0) is 0 Å². The molecule has 0 aliphatic rings. The van der Waals surface area contributed by atoms with Crippen LogP contribution in [-0.4, -0.2) is 27.7 Å². The second-order valence-corrected chi connectivity index (χ2v) is 7.25. The van der Waals surface area contributed by atoms with Crippen LogP contribution in [0.25, 0.3) is 6.08 Å². The Kier molecular flexibility index (Phi) is 7.18. The van der Waals surface area contributed by atoms with Gasteiger partial charge in [0.25, 0.3) is 0 Å². The Morgan fingerprint density at radius 2 is 1.73 bits per heavy atom. The van der Waals surface area contributed by atoms with E-state index in [0.717, 1.165) is 13.0 Å². The minimum absolute atomic E-state index is 0.114. The second kappa shape index (κ2) is 9.42. The van der Waals surface area contributed by atoms with Crippen molar-refractivity contribution in [1.82, 2.24) is 0 Å². The van der Waals surface area contributed by atoms with E-state index in [1.807, 2.05) is 19.1 Å². The molecule has 0 heterocycles. The van der Waals surface area contributed by atoms with Crippen molar-refractivity contribution in [1.29, 1.82) is 0 Å². The monoisotopic (exact) mass is 358 g/mol. The van der Waals surface area contributed by atoms with Crippen molar-refractivity contribution in [2.24, 2.45) is 0 Å². The molecule has 0 amide bonds. The van der Waals surface area contributed by atoms with Crippen LogP contribution >= 0.6 is 0 Å². The van der Waals surface area contributed by atoms with E-state index in [1.165, 1.54) is 14.5 Å². The van der Waals surface area contributed by atoms with E-state index in [4.69, 9.17) is 4.74 Å². The number of benzene rings is 2. The summed E-state index contributed by atoms with van der Waals surface area (Å²) in [5.74, 6) is 0. The molecule has 2 aromatic rings. The molecular formula is C20H22OSe. The van der Waals surface area contributed by atoms with Crippen LogP contribution in [0.3, 0.4) is 0 Å². The van der Waals surface area contributed by atoms with Crippen molar-refractivity contribution in [3.8, 4) is 0 Å². The zero-order valence-electron chi connectivity index (χ0n) is 12.9. The Morgan fingerprint density at radius 1 is 1.09 bits per heavy atom. The fourth-order valence-corrected chi connectivity index (χ4v) is 4.36. The Morgan fingerprint density at radius 3 is 2.32 bits per heavy atom. The molecular weight excluding hydrogens is 335 g/mol. The summed E-state index contributed by atoms with van der Waals surface area (Å²) in [6, 6.07) is 21.1. The van der Waals surface area contributed by atoms with Crippen molar-refractivity contribution < 1.29 is 4.74 Å². The third-order valence-corrected chi connectivity index (χ3v) is 5.51. The van der Waals surface area contributed by atoms with Crippen LogP contribution in [-0.2, 0) is 4.74 Å². The van der Waals surface area contributed by atoms with E-state index in [9.17, 15) is 0 Å². The van der Waals surface area contributed by atoms with Gasteiger partial charge in [0.2, 0.25) is 0 Å². The van der Waals surface area contributed by atoms with Gasteiger partial charge < -0.3 is 0 Å². The SMILES string of the molecule is C=CCC(OCC)/C(=C/c1ccccc1)[Se]c1ccccc1. The Labute approximate surface area is 139 Å². The van der Waals surface area contributed by atoms with E-state index in [1.54, 1.807) is 0 Å². The first-order chi connectivity index (χ1) is 10.8. The van der Waals surface area contributed by atoms with Crippen molar-refractivity contribution in [3.63, 3.8) is 0 Å². The molecule has 0 radical (unpaired) electrons. The van der Waals surface area contributed by atoms with Gasteiger partial charge in [0.05, 0.1) is 0 Å². The summed E-state index contributed by atoms with van der Waals surface area (Å²) in [5.41, 5.74) is 1.23. The van der Waals surface area contributed by atoms with Crippen LogP contribution in [0, 0.1) is 0 Å². The molecule has 1 atom stereocenters. The normalized spacial score (nSPS) is 12.9. The molecule has 0 bridgehead atoms. The Hall–Kier alpha value is -1.60. The predicted molar refractivity (Wildman–Crippen MR) is 96.5 cm³/mol. The van der Waals surface area contributed by atoms with Gasteiger partial charge in [0, 0.05) is 0 Å². The van der Waals surface area contributed by atoms with E-state index in [0.29, 0.717) is 0 Å². The molecule has 2 aromatic carbocycles. The fraction of sp³-hybridized carbons (Fsp3) is 0.200. The summed E-state index contributed by atoms with van der Waals surface area (Å²) >= 11 is 0.250. The quantitative estimate of drug-likeness (QED) is 0.512. The molecule has 0 fully saturated rings. The molecule has 2 heteroatoms. The van der Waals surface area contributed by atoms with Gasteiger partial charge in [-0.1, -0.05) is 0 Å². The zero-order chi connectivity index (χ0) is 15.6. The van der Waals surface area contributed by atoms with Crippen molar-refractivity contribution in [2.75, 3.05) is 6.61 Å². The van der Waals surface area contributed by atoms with Gasteiger partial charge in [-0.2, -0.15) is 0 Å². The molecule has 0 aliphatic carbocycles. The topological polar surface area (TPSA) is 9.23 Å². The van der Waals surface area contributed by atoms with Gasteiger partial charge in [0.15, 0.2) is 0 Å². The molecule has 1 nitrogen and oxygen atoms in total.